The van der Waals surface area contributed by atoms with E-state index in [0.29, 0.717) is 19.4 Å². The van der Waals surface area contributed by atoms with Gasteiger partial charge in [-0.2, -0.15) is 0 Å². The Hall–Kier alpha value is -2.10. The number of ether oxygens (including phenoxy) is 2. The molecule has 0 aliphatic heterocycles. The molecule has 0 aliphatic carbocycles. The van der Waals surface area contributed by atoms with Crippen LogP contribution in [0.1, 0.15) is 45.2 Å². The molecule has 0 aromatic heterocycles. The molecule has 0 amide bonds. The molecular weight excluding hydrogens is 280 g/mol. The molecule has 0 N–H and O–H groups in total. The van der Waals surface area contributed by atoms with Gasteiger partial charge in [-0.05, 0) is 51.3 Å². The smallest absolute Gasteiger partial charge is 0.330 e. The molecule has 22 heavy (non-hydrogen) atoms. The van der Waals surface area contributed by atoms with Gasteiger partial charge in [-0.25, -0.2) is 4.79 Å². The summed E-state index contributed by atoms with van der Waals surface area (Å²) in [6, 6.07) is 7.69. The van der Waals surface area contributed by atoms with Gasteiger partial charge in [0.05, 0.1) is 6.61 Å². The van der Waals surface area contributed by atoms with Gasteiger partial charge in [0.2, 0.25) is 0 Å². The van der Waals surface area contributed by atoms with Crippen LogP contribution in [0.15, 0.2) is 30.3 Å². The zero-order valence-electron chi connectivity index (χ0n) is 13.7. The molecule has 1 aromatic carbocycles. The van der Waals surface area contributed by atoms with Crippen LogP contribution in [-0.4, -0.2) is 24.1 Å². The van der Waals surface area contributed by atoms with Crippen molar-refractivity contribution >= 4 is 18.0 Å². The van der Waals surface area contributed by atoms with Gasteiger partial charge in [0.25, 0.3) is 0 Å². The summed E-state index contributed by atoms with van der Waals surface area (Å²) < 4.78 is 10.1. The minimum Gasteiger partial charge on any atom is -0.463 e. The van der Waals surface area contributed by atoms with E-state index in [1.165, 1.54) is 6.08 Å². The number of aryl methyl sites for hydroxylation is 1. The molecule has 1 aromatic rings. The second kappa shape index (κ2) is 8.37. The fourth-order valence-electron chi connectivity index (χ4n) is 1.85. The second-order valence-corrected chi connectivity index (χ2v) is 5.92. The third kappa shape index (κ3) is 7.62. The molecule has 0 aliphatic rings. The highest BCUT2D eigenvalue weighted by Gasteiger charge is 2.15. The third-order valence-electron chi connectivity index (χ3n) is 2.69. The normalized spacial score (nSPS) is 11.5. The van der Waals surface area contributed by atoms with Crippen molar-refractivity contribution in [2.75, 3.05) is 6.61 Å². The fraction of sp³-hybridized carbons (Fsp3) is 0.444. The van der Waals surface area contributed by atoms with Crippen molar-refractivity contribution in [1.82, 2.24) is 0 Å². The Morgan fingerprint density at radius 2 is 1.95 bits per heavy atom. The molecule has 0 saturated heterocycles. The maximum atomic E-state index is 11.7. The van der Waals surface area contributed by atoms with E-state index in [2.05, 4.69) is 0 Å². The van der Waals surface area contributed by atoms with Crippen molar-refractivity contribution in [3.8, 4) is 0 Å². The Morgan fingerprint density at radius 1 is 1.23 bits per heavy atom. The van der Waals surface area contributed by atoms with E-state index in [4.69, 9.17) is 9.47 Å². The van der Waals surface area contributed by atoms with Gasteiger partial charge in [0.15, 0.2) is 0 Å². The van der Waals surface area contributed by atoms with Crippen LogP contribution in [0.4, 0.5) is 0 Å². The molecule has 120 valence electrons. The first-order valence-electron chi connectivity index (χ1n) is 7.46. The van der Waals surface area contributed by atoms with Crippen molar-refractivity contribution in [2.45, 2.75) is 46.1 Å². The molecule has 0 atom stereocenters. The van der Waals surface area contributed by atoms with Crippen LogP contribution in [-0.2, 0) is 25.5 Å². The lowest BCUT2D eigenvalue weighted by molar-refractivity contribution is -0.154. The lowest BCUT2D eigenvalue weighted by Gasteiger charge is -2.19. The summed E-state index contributed by atoms with van der Waals surface area (Å²) >= 11 is 0. The first kappa shape index (κ1) is 18.0. The van der Waals surface area contributed by atoms with Crippen molar-refractivity contribution in [2.24, 2.45) is 0 Å². The summed E-state index contributed by atoms with van der Waals surface area (Å²) in [5.74, 6) is -0.568. The first-order chi connectivity index (χ1) is 10.3. The van der Waals surface area contributed by atoms with Crippen LogP contribution in [0, 0.1) is 0 Å². The second-order valence-electron chi connectivity index (χ2n) is 5.92. The van der Waals surface area contributed by atoms with Crippen molar-refractivity contribution in [3.05, 3.63) is 41.5 Å². The molecule has 0 saturated carbocycles. The van der Waals surface area contributed by atoms with Crippen molar-refractivity contribution < 1.29 is 19.1 Å². The number of carbonyl (C=O) groups excluding carboxylic acids is 2. The minimum atomic E-state index is -0.457. The maximum Gasteiger partial charge on any atom is 0.330 e. The SMILES string of the molecule is CCOC(=O)/C=C/c1cccc(CCC(=O)OC(C)(C)C)c1. The number of rotatable bonds is 6. The van der Waals surface area contributed by atoms with Crippen LogP contribution in [0.3, 0.4) is 0 Å². The molecule has 0 spiro atoms. The molecule has 4 nitrogen and oxygen atoms in total. The standard InChI is InChI=1S/C18H24O4/c1-5-21-16(19)11-9-14-7-6-8-15(13-14)10-12-17(20)22-18(2,3)4/h6-9,11,13H,5,10,12H2,1-4H3/b11-9+. The van der Waals surface area contributed by atoms with Crippen LogP contribution >= 0.6 is 0 Å². The monoisotopic (exact) mass is 304 g/mol. The van der Waals surface area contributed by atoms with Gasteiger partial charge in [0.1, 0.15) is 5.60 Å². The summed E-state index contributed by atoms with van der Waals surface area (Å²) in [6.45, 7) is 7.69. The van der Waals surface area contributed by atoms with Crippen molar-refractivity contribution in [1.29, 1.82) is 0 Å². The number of hydrogen-bond donors (Lipinski definition) is 0. The molecule has 4 heteroatoms. The predicted octanol–water partition coefficient (Wildman–Crippen LogP) is 3.54. The summed E-state index contributed by atoms with van der Waals surface area (Å²) in [4.78, 5) is 23.0. The summed E-state index contributed by atoms with van der Waals surface area (Å²) in [5.41, 5.74) is 1.47. The van der Waals surface area contributed by atoms with E-state index in [9.17, 15) is 9.59 Å². The minimum absolute atomic E-state index is 0.208. The molecular formula is C18H24O4. The van der Waals surface area contributed by atoms with Crippen LogP contribution in [0.2, 0.25) is 0 Å². The Bertz CT molecular complexity index is 538. The summed E-state index contributed by atoms with van der Waals surface area (Å²) in [7, 11) is 0. The predicted molar refractivity (Wildman–Crippen MR) is 86.3 cm³/mol. The van der Waals surface area contributed by atoms with Gasteiger partial charge in [-0.1, -0.05) is 24.3 Å². The zero-order valence-corrected chi connectivity index (χ0v) is 13.7. The van der Waals surface area contributed by atoms with Gasteiger partial charge < -0.3 is 9.47 Å². The Labute approximate surface area is 132 Å². The third-order valence-corrected chi connectivity index (χ3v) is 2.69. The van der Waals surface area contributed by atoms with Crippen molar-refractivity contribution in [3.63, 3.8) is 0 Å². The topological polar surface area (TPSA) is 52.6 Å². The van der Waals surface area contributed by atoms with E-state index < -0.39 is 5.60 Å². The van der Waals surface area contributed by atoms with Gasteiger partial charge in [-0.3, -0.25) is 4.79 Å². The van der Waals surface area contributed by atoms with Crippen LogP contribution in [0.25, 0.3) is 6.08 Å². The van der Waals surface area contributed by atoms with E-state index >= 15 is 0 Å². The maximum absolute atomic E-state index is 11.7. The number of hydrogen-bond acceptors (Lipinski definition) is 4. The quantitative estimate of drug-likeness (QED) is 0.596. The Balaban J connectivity index is 2.57. The van der Waals surface area contributed by atoms with E-state index in [0.717, 1.165) is 11.1 Å². The molecule has 0 unspecified atom stereocenters. The molecule has 0 bridgehead atoms. The molecule has 0 heterocycles. The molecule has 1 rings (SSSR count). The summed E-state index contributed by atoms with van der Waals surface area (Å²) in [6.07, 6.45) is 4.05. The average Bonchev–Trinajstić information content (AvgIpc) is 2.42. The number of benzene rings is 1. The van der Waals surface area contributed by atoms with Crippen LogP contribution in [0.5, 0.6) is 0 Å². The number of esters is 2. The lowest BCUT2D eigenvalue weighted by Crippen LogP contribution is -2.24. The fourth-order valence-corrected chi connectivity index (χ4v) is 1.85. The van der Waals surface area contributed by atoms with Gasteiger partial charge >= 0.3 is 11.9 Å². The van der Waals surface area contributed by atoms with E-state index in [-0.39, 0.29) is 11.9 Å². The summed E-state index contributed by atoms with van der Waals surface area (Å²) in [5, 5.41) is 0. The first-order valence-corrected chi connectivity index (χ1v) is 7.46. The molecule has 0 fully saturated rings. The average molecular weight is 304 g/mol. The van der Waals surface area contributed by atoms with Gasteiger partial charge in [-0.15, -0.1) is 0 Å². The highest BCUT2D eigenvalue weighted by atomic mass is 16.6. The largest absolute Gasteiger partial charge is 0.463 e. The van der Waals surface area contributed by atoms with E-state index in [1.54, 1.807) is 13.0 Å². The molecule has 0 radical (unpaired) electrons. The highest BCUT2D eigenvalue weighted by molar-refractivity contribution is 5.87. The number of carbonyl (C=O) groups is 2. The lowest BCUT2D eigenvalue weighted by atomic mass is 10.1. The van der Waals surface area contributed by atoms with Gasteiger partial charge in [0, 0.05) is 12.5 Å². The zero-order chi connectivity index (χ0) is 16.6. The Kier molecular flexibility index (Phi) is 6.83. The Morgan fingerprint density at radius 3 is 2.59 bits per heavy atom. The van der Waals surface area contributed by atoms with E-state index in [1.807, 2.05) is 45.0 Å². The van der Waals surface area contributed by atoms with Crippen LogP contribution < -0.4 is 0 Å². The highest BCUT2D eigenvalue weighted by Crippen LogP contribution is 2.12.